The monoisotopic (exact) mass is 215 g/mol. The average molecular weight is 215 g/mol. The minimum Gasteiger partial charge on any atom is -0.339 e. The molecular weight excluding hydrogens is 190 g/mol. The van der Waals surface area contributed by atoms with Gasteiger partial charge in [-0.1, -0.05) is 13.8 Å². The first-order chi connectivity index (χ1) is 6.93. The van der Waals surface area contributed by atoms with Crippen LogP contribution in [0, 0.1) is 0 Å². The van der Waals surface area contributed by atoms with Crippen molar-refractivity contribution in [2.75, 3.05) is 28.2 Å². The molecule has 0 aromatic carbocycles. The van der Waals surface area contributed by atoms with E-state index in [-0.39, 0.29) is 18.1 Å². The number of carbonyl (C=O) groups excluding carboxylic acids is 1. The van der Waals surface area contributed by atoms with Crippen molar-refractivity contribution in [2.24, 2.45) is 0 Å². The molecule has 0 fully saturated rings. The molecule has 0 aliphatic heterocycles. The van der Waals surface area contributed by atoms with Crippen molar-refractivity contribution in [2.45, 2.75) is 38.9 Å². The van der Waals surface area contributed by atoms with Crippen LogP contribution in [0.15, 0.2) is 0 Å². The van der Waals surface area contributed by atoms with E-state index >= 15 is 0 Å². The Labute approximate surface area is 93.6 Å². The normalized spacial score (nSPS) is 15.5. The van der Waals surface area contributed by atoms with Gasteiger partial charge in [-0.25, -0.2) is 0 Å². The van der Waals surface area contributed by atoms with Crippen LogP contribution in [0.4, 0.5) is 0 Å². The zero-order chi connectivity index (χ0) is 12.0. The van der Waals surface area contributed by atoms with E-state index in [1.165, 1.54) is 0 Å². The molecule has 0 rings (SSSR count). The minimum atomic E-state index is -0.0287. The third-order valence-electron chi connectivity index (χ3n) is 2.63. The zero-order valence-electron chi connectivity index (χ0n) is 10.9. The highest BCUT2D eigenvalue weighted by Gasteiger charge is 2.21. The van der Waals surface area contributed by atoms with E-state index in [0.29, 0.717) is 0 Å². The number of carbonyl (C=O) groups is 1. The second-order valence-electron chi connectivity index (χ2n) is 4.28. The summed E-state index contributed by atoms with van der Waals surface area (Å²) < 4.78 is 0. The van der Waals surface area contributed by atoms with E-state index in [2.05, 4.69) is 12.2 Å². The van der Waals surface area contributed by atoms with E-state index in [1.807, 2.05) is 44.9 Å². The maximum atomic E-state index is 11.9. The molecule has 0 aromatic heterocycles. The highest BCUT2D eigenvalue weighted by atomic mass is 16.2. The molecule has 4 heteroatoms. The Hall–Kier alpha value is -0.610. The molecule has 90 valence electrons. The molecule has 0 heterocycles. The van der Waals surface area contributed by atoms with Crippen LogP contribution in [-0.2, 0) is 4.79 Å². The molecule has 0 aliphatic carbocycles. The lowest BCUT2D eigenvalue weighted by molar-refractivity contribution is -0.127. The number of hydrogen-bond donors (Lipinski definition) is 1. The molecule has 0 bridgehead atoms. The Morgan fingerprint density at radius 1 is 1.07 bits per heavy atom. The fourth-order valence-corrected chi connectivity index (χ4v) is 1.64. The van der Waals surface area contributed by atoms with Gasteiger partial charge in [0.1, 0.15) is 0 Å². The van der Waals surface area contributed by atoms with Crippen LogP contribution < -0.4 is 5.32 Å². The Balaban J connectivity index is 4.31. The maximum absolute atomic E-state index is 11.9. The second kappa shape index (κ2) is 6.80. The summed E-state index contributed by atoms with van der Waals surface area (Å²) in [7, 11) is 7.82. The SMILES string of the molecule is CCC(NC(=O)C(CC)N(C)C)N(C)C. The van der Waals surface area contributed by atoms with E-state index in [1.54, 1.807) is 0 Å². The third-order valence-corrected chi connectivity index (χ3v) is 2.63. The lowest BCUT2D eigenvalue weighted by Gasteiger charge is -2.28. The molecule has 4 nitrogen and oxygen atoms in total. The van der Waals surface area contributed by atoms with Gasteiger partial charge >= 0.3 is 0 Å². The van der Waals surface area contributed by atoms with E-state index < -0.39 is 0 Å². The average Bonchev–Trinajstić information content (AvgIpc) is 2.14. The summed E-state index contributed by atoms with van der Waals surface area (Å²) in [6.07, 6.45) is 1.89. The van der Waals surface area contributed by atoms with E-state index in [4.69, 9.17) is 0 Å². The molecule has 0 aliphatic rings. The number of hydrogen-bond acceptors (Lipinski definition) is 3. The fraction of sp³-hybridized carbons (Fsp3) is 0.909. The van der Waals surface area contributed by atoms with Crippen molar-refractivity contribution in [3.63, 3.8) is 0 Å². The summed E-state index contributed by atoms with van der Waals surface area (Å²) in [6.45, 7) is 4.10. The number of nitrogens with zero attached hydrogens (tertiary/aromatic N) is 2. The molecule has 0 radical (unpaired) electrons. The lowest BCUT2D eigenvalue weighted by atomic mass is 10.2. The highest BCUT2D eigenvalue weighted by Crippen LogP contribution is 2.02. The van der Waals surface area contributed by atoms with E-state index in [0.717, 1.165) is 12.8 Å². The van der Waals surface area contributed by atoms with Crippen LogP contribution in [-0.4, -0.2) is 56.1 Å². The zero-order valence-corrected chi connectivity index (χ0v) is 10.9. The lowest BCUT2D eigenvalue weighted by Crippen LogP contribution is -2.51. The van der Waals surface area contributed by atoms with Gasteiger partial charge in [0.25, 0.3) is 0 Å². The number of likely N-dealkylation sites (N-methyl/N-ethyl adjacent to an activating group) is 1. The maximum Gasteiger partial charge on any atom is 0.238 e. The van der Waals surface area contributed by atoms with Crippen molar-refractivity contribution < 1.29 is 4.79 Å². The summed E-state index contributed by atoms with van der Waals surface area (Å²) in [5, 5.41) is 3.04. The summed E-state index contributed by atoms with van der Waals surface area (Å²) in [5.74, 6) is 0.114. The molecule has 1 amide bonds. The number of nitrogens with one attached hydrogen (secondary N) is 1. The summed E-state index contributed by atoms with van der Waals surface area (Å²) in [4.78, 5) is 15.9. The van der Waals surface area contributed by atoms with Gasteiger partial charge in [-0.3, -0.25) is 14.6 Å². The molecule has 15 heavy (non-hydrogen) atoms. The van der Waals surface area contributed by atoms with Gasteiger partial charge in [0, 0.05) is 0 Å². The van der Waals surface area contributed by atoms with Crippen LogP contribution in [0.1, 0.15) is 26.7 Å². The molecule has 0 saturated heterocycles. The Morgan fingerprint density at radius 3 is 1.87 bits per heavy atom. The van der Waals surface area contributed by atoms with E-state index in [9.17, 15) is 4.79 Å². The standard InChI is InChI=1S/C11H25N3O/c1-7-9(13(3)4)11(15)12-10(8-2)14(5)6/h9-10H,7-8H2,1-6H3,(H,12,15). The van der Waals surface area contributed by atoms with Crippen molar-refractivity contribution >= 4 is 5.91 Å². The molecule has 2 unspecified atom stereocenters. The van der Waals surface area contributed by atoms with Crippen LogP contribution in [0.25, 0.3) is 0 Å². The van der Waals surface area contributed by atoms with Crippen molar-refractivity contribution in [1.29, 1.82) is 0 Å². The summed E-state index contributed by atoms with van der Waals surface area (Å²) in [5.41, 5.74) is 0. The van der Waals surface area contributed by atoms with Gasteiger partial charge in [-0.05, 0) is 41.0 Å². The van der Waals surface area contributed by atoms with Gasteiger partial charge in [-0.2, -0.15) is 0 Å². The summed E-state index contributed by atoms with van der Waals surface area (Å²) in [6, 6.07) is -0.0287. The van der Waals surface area contributed by atoms with Crippen LogP contribution >= 0.6 is 0 Å². The molecule has 0 saturated carbocycles. The van der Waals surface area contributed by atoms with Crippen molar-refractivity contribution in [3.8, 4) is 0 Å². The van der Waals surface area contributed by atoms with Gasteiger partial charge in [-0.15, -0.1) is 0 Å². The first-order valence-corrected chi connectivity index (χ1v) is 5.57. The van der Waals surface area contributed by atoms with Crippen LogP contribution in [0.2, 0.25) is 0 Å². The second-order valence-corrected chi connectivity index (χ2v) is 4.28. The Kier molecular flexibility index (Phi) is 6.52. The smallest absolute Gasteiger partial charge is 0.238 e. The van der Waals surface area contributed by atoms with Crippen LogP contribution in [0.3, 0.4) is 0 Å². The third kappa shape index (κ3) is 4.62. The molecule has 0 aromatic rings. The van der Waals surface area contributed by atoms with Gasteiger partial charge < -0.3 is 5.32 Å². The van der Waals surface area contributed by atoms with Crippen molar-refractivity contribution in [3.05, 3.63) is 0 Å². The van der Waals surface area contributed by atoms with Crippen LogP contribution in [0.5, 0.6) is 0 Å². The van der Waals surface area contributed by atoms with Crippen molar-refractivity contribution in [1.82, 2.24) is 15.1 Å². The van der Waals surface area contributed by atoms with Gasteiger partial charge in [0.15, 0.2) is 0 Å². The molecule has 2 atom stereocenters. The predicted octanol–water partition coefficient (Wildman–Crippen LogP) is 0.741. The summed E-state index contributed by atoms with van der Waals surface area (Å²) >= 11 is 0. The quantitative estimate of drug-likeness (QED) is 0.664. The first-order valence-electron chi connectivity index (χ1n) is 5.57. The Bertz CT molecular complexity index is 192. The Morgan fingerprint density at radius 2 is 1.60 bits per heavy atom. The molecule has 1 N–H and O–H groups in total. The fourth-order valence-electron chi connectivity index (χ4n) is 1.64. The molecular formula is C11H25N3O. The predicted molar refractivity (Wildman–Crippen MR) is 63.7 cm³/mol. The molecule has 0 spiro atoms. The topological polar surface area (TPSA) is 35.6 Å². The minimum absolute atomic E-state index is 0.0287. The first kappa shape index (κ1) is 14.4. The number of rotatable bonds is 6. The highest BCUT2D eigenvalue weighted by molar-refractivity contribution is 5.81. The van der Waals surface area contributed by atoms with Gasteiger partial charge in [0.2, 0.25) is 5.91 Å². The van der Waals surface area contributed by atoms with Gasteiger partial charge in [0.05, 0.1) is 12.2 Å². The largest absolute Gasteiger partial charge is 0.339 e. The number of amides is 1.